The third-order valence-corrected chi connectivity index (χ3v) is 3.02. The zero-order valence-electron chi connectivity index (χ0n) is 12.5. The molecule has 7 heteroatoms. The van der Waals surface area contributed by atoms with Gasteiger partial charge >= 0.3 is 12.2 Å². The van der Waals surface area contributed by atoms with Crippen molar-refractivity contribution in [1.82, 2.24) is 10.6 Å². The Labute approximate surface area is 125 Å². The summed E-state index contributed by atoms with van der Waals surface area (Å²) < 4.78 is 15.3. The average molecular weight is 302 g/mol. The number of nitrogens with one attached hydrogen (secondary N) is 2. The Morgan fingerprint density at radius 2 is 1.19 bits per heavy atom. The number of amides is 2. The molecule has 0 aliphatic carbocycles. The topological polar surface area (TPSA) is 85.9 Å². The first-order valence-corrected chi connectivity index (χ1v) is 7.68. The maximum absolute atomic E-state index is 11.3. The van der Waals surface area contributed by atoms with Crippen LogP contribution in [0.2, 0.25) is 0 Å². The average Bonchev–Trinajstić information content (AvgIpc) is 2.47. The molecule has 2 N–H and O–H groups in total. The summed E-state index contributed by atoms with van der Waals surface area (Å²) in [7, 11) is 0. The molecule has 1 aliphatic heterocycles. The van der Waals surface area contributed by atoms with E-state index in [2.05, 4.69) is 10.6 Å². The van der Waals surface area contributed by atoms with Crippen molar-refractivity contribution in [2.24, 2.45) is 0 Å². The summed E-state index contributed by atoms with van der Waals surface area (Å²) in [5, 5.41) is 5.42. The lowest BCUT2D eigenvalue weighted by Gasteiger charge is -2.07. The summed E-state index contributed by atoms with van der Waals surface area (Å²) in [5.41, 5.74) is 0. The minimum atomic E-state index is -0.392. The minimum absolute atomic E-state index is 0.255. The van der Waals surface area contributed by atoms with E-state index in [1.54, 1.807) is 0 Å². The second kappa shape index (κ2) is 12.3. The first-order chi connectivity index (χ1) is 10.3. The Bertz CT molecular complexity index is 271. The molecule has 0 bridgehead atoms. The van der Waals surface area contributed by atoms with E-state index in [4.69, 9.17) is 14.2 Å². The Morgan fingerprint density at radius 3 is 1.86 bits per heavy atom. The summed E-state index contributed by atoms with van der Waals surface area (Å²) >= 11 is 0. The van der Waals surface area contributed by atoms with Crippen LogP contribution in [0.3, 0.4) is 0 Å². The zero-order chi connectivity index (χ0) is 15.2. The maximum atomic E-state index is 11.3. The molecule has 2 amide bonds. The fourth-order valence-corrected chi connectivity index (χ4v) is 1.85. The molecule has 0 aromatic carbocycles. The van der Waals surface area contributed by atoms with Gasteiger partial charge in [0, 0.05) is 19.7 Å². The van der Waals surface area contributed by atoms with E-state index in [9.17, 15) is 9.59 Å². The standard InChI is InChI=1S/C14H26N2O5/c17-13-15-7-3-1-2-4-8-16-14(18)21-12-11-19-9-5-6-10-20-13/h1-12H2,(H,15,17)(H,16,18). The van der Waals surface area contributed by atoms with Gasteiger partial charge in [-0.3, -0.25) is 0 Å². The van der Waals surface area contributed by atoms with Crippen LogP contribution in [0.4, 0.5) is 9.59 Å². The molecule has 0 unspecified atom stereocenters. The number of ether oxygens (including phenoxy) is 3. The molecular weight excluding hydrogens is 276 g/mol. The van der Waals surface area contributed by atoms with E-state index in [1.165, 1.54) is 0 Å². The van der Waals surface area contributed by atoms with Crippen LogP contribution in [-0.4, -0.2) is 51.7 Å². The quantitative estimate of drug-likeness (QED) is 0.712. The third kappa shape index (κ3) is 10.9. The molecule has 1 aliphatic rings. The van der Waals surface area contributed by atoms with Crippen LogP contribution in [0.15, 0.2) is 0 Å². The van der Waals surface area contributed by atoms with E-state index >= 15 is 0 Å². The molecule has 1 heterocycles. The van der Waals surface area contributed by atoms with E-state index in [1.807, 2.05) is 0 Å². The minimum Gasteiger partial charge on any atom is -0.450 e. The Balaban J connectivity index is 2.19. The summed E-state index contributed by atoms with van der Waals surface area (Å²) in [6, 6.07) is 0. The zero-order valence-corrected chi connectivity index (χ0v) is 12.5. The fraction of sp³-hybridized carbons (Fsp3) is 0.857. The van der Waals surface area contributed by atoms with Gasteiger partial charge in [0.25, 0.3) is 0 Å². The lowest BCUT2D eigenvalue weighted by molar-refractivity contribution is 0.0685. The van der Waals surface area contributed by atoms with Crippen LogP contribution in [0.25, 0.3) is 0 Å². The molecule has 0 atom stereocenters. The van der Waals surface area contributed by atoms with Gasteiger partial charge in [-0.25, -0.2) is 9.59 Å². The molecule has 21 heavy (non-hydrogen) atoms. The summed E-state index contributed by atoms with van der Waals surface area (Å²) in [6.07, 6.45) is 4.63. The monoisotopic (exact) mass is 302 g/mol. The Morgan fingerprint density at radius 1 is 0.619 bits per heavy atom. The van der Waals surface area contributed by atoms with E-state index in [0.717, 1.165) is 38.5 Å². The van der Waals surface area contributed by atoms with Crippen molar-refractivity contribution in [3.05, 3.63) is 0 Å². The van der Waals surface area contributed by atoms with Crippen molar-refractivity contribution in [3.63, 3.8) is 0 Å². The van der Waals surface area contributed by atoms with Crippen molar-refractivity contribution in [3.8, 4) is 0 Å². The van der Waals surface area contributed by atoms with Crippen LogP contribution in [-0.2, 0) is 14.2 Å². The van der Waals surface area contributed by atoms with Gasteiger partial charge in [0.15, 0.2) is 0 Å². The van der Waals surface area contributed by atoms with Gasteiger partial charge in [-0.05, 0) is 25.7 Å². The molecule has 0 spiro atoms. The molecule has 0 radical (unpaired) electrons. The van der Waals surface area contributed by atoms with Gasteiger partial charge in [-0.15, -0.1) is 0 Å². The fourth-order valence-electron chi connectivity index (χ4n) is 1.85. The molecule has 0 saturated carbocycles. The van der Waals surface area contributed by atoms with Gasteiger partial charge in [0.1, 0.15) is 6.61 Å². The van der Waals surface area contributed by atoms with Crippen LogP contribution in [0.1, 0.15) is 38.5 Å². The Kier molecular flexibility index (Phi) is 10.2. The molecule has 1 fully saturated rings. The van der Waals surface area contributed by atoms with Gasteiger partial charge in [-0.2, -0.15) is 0 Å². The highest BCUT2D eigenvalue weighted by Gasteiger charge is 2.03. The number of hydrogen-bond acceptors (Lipinski definition) is 5. The summed E-state index contributed by atoms with van der Waals surface area (Å²) in [5.74, 6) is 0. The second-order valence-electron chi connectivity index (χ2n) is 4.86. The molecule has 1 saturated heterocycles. The highest BCUT2D eigenvalue weighted by molar-refractivity contribution is 5.67. The first kappa shape index (κ1) is 17.6. The highest BCUT2D eigenvalue weighted by atomic mass is 16.6. The molecule has 7 nitrogen and oxygen atoms in total. The smallest absolute Gasteiger partial charge is 0.407 e. The Hall–Kier alpha value is -1.50. The first-order valence-electron chi connectivity index (χ1n) is 7.68. The normalized spacial score (nSPS) is 21.5. The molecular formula is C14H26N2O5. The van der Waals surface area contributed by atoms with Gasteiger partial charge in [-0.1, -0.05) is 12.8 Å². The maximum Gasteiger partial charge on any atom is 0.407 e. The van der Waals surface area contributed by atoms with Gasteiger partial charge < -0.3 is 24.8 Å². The van der Waals surface area contributed by atoms with Crippen molar-refractivity contribution >= 4 is 12.2 Å². The SMILES string of the molecule is O=C1NCCCCCCNC(=O)OCCOCCCCO1. The van der Waals surface area contributed by atoms with Crippen molar-refractivity contribution in [2.45, 2.75) is 38.5 Å². The number of rotatable bonds is 0. The largest absolute Gasteiger partial charge is 0.450 e. The molecule has 0 aromatic heterocycles. The molecule has 122 valence electrons. The van der Waals surface area contributed by atoms with E-state index < -0.39 is 6.09 Å². The molecule has 1 rings (SSSR count). The number of carbonyl (C=O) groups excluding carboxylic acids is 2. The van der Waals surface area contributed by atoms with Crippen LogP contribution < -0.4 is 10.6 Å². The number of hydrogen-bond donors (Lipinski definition) is 2. The van der Waals surface area contributed by atoms with Gasteiger partial charge in [0.2, 0.25) is 0 Å². The number of cyclic esters (lactones) is 2. The predicted molar refractivity (Wildman–Crippen MR) is 77.2 cm³/mol. The van der Waals surface area contributed by atoms with Crippen LogP contribution in [0, 0.1) is 0 Å². The molecule has 0 aromatic rings. The lowest BCUT2D eigenvalue weighted by Crippen LogP contribution is -2.26. The number of alkyl carbamates (subject to hydrolysis) is 2. The van der Waals surface area contributed by atoms with E-state index in [-0.39, 0.29) is 12.7 Å². The summed E-state index contributed by atoms with van der Waals surface area (Å²) in [4.78, 5) is 22.6. The van der Waals surface area contributed by atoms with Crippen LogP contribution >= 0.6 is 0 Å². The summed E-state index contributed by atoms with van der Waals surface area (Å²) in [6.45, 7) is 2.83. The van der Waals surface area contributed by atoms with Crippen LogP contribution in [0.5, 0.6) is 0 Å². The van der Waals surface area contributed by atoms with Crippen molar-refractivity contribution in [1.29, 1.82) is 0 Å². The van der Waals surface area contributed by atoms with E-state index in [0.29, 0.717) is 32.9 Å². The lowest BCUT2D eigenvalue weighted by atomic mass is 10.2. The van der Waals surface area contributed by atoms with Crippen molar-refractivity contribution < 1.29 is 23.8 Å². The second-order valence-corrected chi connectivity index (χ2v) is 4.86. The predicted octanol–water partition coefficient (Wildman–Crippen LogP) is 1.81. The third-order valence-electron chi connectivity index (χ3n) is 3.02. The van der Waals surface area contributed by atoms with Gasteiger partial charge in [0.05, 0.1) is 13.2 Å². The highest BCUT2D eigenvalue weighted by Crippen LogP contribution is 1.99. The number of carbonyl (C=O) groups is 2. The van der Waals surface area contributed by atoms with Crippen molar-refractivity contribution in [2.75, 3.05) is 39.5 Å².